The van der Waals surface area contributed by atoms with Gasteiger partial charge in [-0.05, 0) is 25.2 Å². The van der Waals surface area contributed by atoms with Crippen LogP contribution in [0, 0.1) is 5.92 Å². The van der Waals surface area contributed by atoms with E-state index < -0.39 is 0 Å². The number of ether oxygens (including phenoxy) is 1. The lowest BCUT2D eigenvalue weighted by molar-refractivity contribution is 0.181. The minimum absolute atomic E-state index is 0.628. The van der Waals surface area contributed by atoms with Gasteiger partial charge >= 0.3 is 0 Å². The van der Waals surface area contributed by atoms with E-state index in [1.807, 2.05) is 11.3 Å². The standard InChI is InChI=1S/C15H25N3OS/c1-3-11-6-7-18(9-11)15-17-13(10-19-2)14(20-15)8-16-12-4-5-12/h11-12,16H,3-10H2,1-2H3. The molecule has 1 N–H and O–H groups in total. The van der Waals surface area contributed by atoms with Crippen molar-refractivity contribution < 1.29 is 4.74 Å². The van der Waals surface area contributed by atoms with Crippen molar-refractivity contribution in [3.05, 3.63) is 10.6 Å². The van der Waals surface area contributed by atoms with Gasteiger partial charge < -0.3 is 15.0 Å². The molecular formula is C15H25N3OS. The summed E-state index contributed by atoms with van der Waals surface area (Å²) < 4.78 is 5.31. The van der Waals surface area contributed by atoms with E-state index in [4.69, 9.17) is 9.72 Å². The summed E-state index contributed by atoms with van der Waals surface area (Å²) in [6, 6.07) is 0.743. The number of aromatic nitrogens is 1. The van der Waals surface area contributed by atoms with E-state index in [0.29, 0.717) is 6.61 Å². The zero-order valence-electron chi connectivity index (χ0n) is 12.5. The Bertz CT molecular complexity index is 444. The Morgan fingerprint density at radius 2 is 2.25 bits per heavy atom. The molecule has 2 aliphatic rings. The monoisotopic (exact) mass is 295 g/mol. The molecule has 0 radical (unpaired) electrons. The number of thiazole rings is 1. The molecule has 1 saturated carbocycles. The molecule has 20 heavy (non-hydrogen) atoms. The molecule has 1 aromatic rings. The van der Waals surface area contributed by atoms with Crippen molar-refractivity contribution in [3.8, 4) is 0 Å². The fourth-order valence-electron chi connectivity index (χ4n) is 2.76. The Morgan fingerprint density at radius 3 is 2.90 bits per heavy atom. The van der Waals surface area contributed by atoms with Gasteiger partial charge in [0.1, 0.15) is 0 Å². The molecule has 1 unspecified atom stereocenters. The van der Waals surface area contributed by atoms with E-state index in [1.54, 1.807) is 7.11 Å². The summed E-state index contributed by atoms with van der Waals surface area (Å²) in [5.41, 5.74) is 1.13. The number of hydrogen-bond acceptors (Lipinski definition) is 5. The first-order valence-corrected chi connectivity index (χ1v) is 8.57. The summed E-state index contributed by atoms with van der Waals surface area (Å²) in [5.74, 6) is 0.845. The largest absolute Gasteiger partial charge is 0.378 e. The smallest absolute Gasteiger partial charge is 0.185 e. The van der Waals surface area contributed by atoms with Gasteiger partial charge in [-0.25, -0.2) is 4.98 Å². The van der Waals surface area contributed by atoms with Crippen molar-refractivity contribution in [1.82, 2.24) is 10.3 Å². The maximum absolute atomic E-state index is 5.31. The Kier molecular flexibility index (Phi) is 4.58. The SMILES string of the molecule is CCC1CCN(c2nc(COC)c(CNC3CC3)s2)C1. The first-order valence-electron chi connectivity index (χ1n) is 7.76. The van der Waals surface area contributed by atoms with Gasteiger partial charge in [-0.1, -0.05) is 13.3 Å². The zero-order valence-corrected chi connectivity index (χ0v) is 13.3. The van der Waals surface area contributed by atoms with Gasteiger partial charge in [0.15, 0.2) is 5.13 Å². The normalized spacial score (nSPS) is 22.7. The number of nitrogens with one attached hydrogen (secondary N) is 1. The van der Waals surface area contributed by atoms with Crippen molar-refractivity contribution in [2.45, 2.75) is 51.8 Å². The number of hydrogen-bond donors (Lipinski definition) is 1. The van der Waals surface area contributed by atoms with Gasteiger partial charge in [-0.3, -0.25) is 0 Å². The third-order valence-electron chi connectivity index (χ3n) is 4.31. The Hall–Kier alpha value is -0.650. The van der Waals surface area contributed by atoms with Gasteiger partial charge in [-0.15, -0.1) is 11.3 Å². The number of rotatable bonds is 7. The highest BCUT2D eigenvalue weighted by Gasteiger charge is 2.26. The molecular weight excluding hydrogens is 270 g/mol. The molecule has 0 amide bonds. The van der Waals surface area contributed by atoms with Gasteiger partial charge in [0.2, 0.25) is 0 Å². The van der Waals surface area contributed by atoms with E-state index in [0.717, 1.165) is 30.7 Å². The Morgan fingerprint density at radius 1 is 1.40 bits per heavy atom. The van der Waals surface area contributed by atoms with Gasteiger partial charge in [0, 0.05) is 37.7 Å². The molecule has 4 nitrogen and oxygen atoms in total. The lowest BCUT2D eigenvalue weighted by Gasteiger charge is -2.14. The molecule has 1 atom stereocenters. The lowest BCUT2D eigenvalue weighted by atomic mass is 10.1. The van der Waals surface area contributed by atoms with Crippen LogP contribution in [0.4, 0.5) is 5.13 Å². The zero-order chi connectivity index (χ0) is 13.9. The van der Waals surface area contributed by atoms with Crippen LogP contribution in [-0.2, 0) is 17.9 Å². The van der Waals surface area contributed by atoms with Crippen LogP contribution in [0.5, 0.6) is 0 Å². The molecule has 0 aromatic carbocycles. The predicted octanol–water partition coefficient (Wildman–Crippen LogP) is 2.78. The second-order valence-electron chi connectivity index (χ2n) is 5.96. The van der Waals surface area contributed by atoms with Gasteiger partial charge in [0.25, 0.3) is 0 Å². The quantitative estimate of drug-likeness (QED) is 0.839. The van der Waals surface area contributed by atoms with Crippen LogP contribution in [-0.4, -0.2) is 31.2 Å². The molecule has 0 bridgehead atoms. The van der Waals surface area contributed by atoms with E-state index in [9.17, 15) is 0 Å². The number of methoxy groups -OCH3 is 1. The van der Waals surface area contributed by atoms with Crippen LogP contribution in [0.15, 0.2) is 0 Å². The average Bonchev–Trinajstić information content (AvgIpc) is 3.01. The number of nitrogens with zero attached hydrogens (tertiary/aromatic N) is 2. The van der Waals surface area contributed by atoms with Crippen molar-refractivity contribution in [3.63, 3.8) is 0 Å². The summed E-state index contributed by atoms with van der Waals surface area (Å²) in [4.78, 5) is 8.64. The van der Waals surface area contributed by atoms with Crippen LogP contribution in [0.2, 0.25) is 0 Å². The van der Waals surface area contributed by atoms with Crippen LogP contribution in [0.3, 0.4) is 0 Å². The topological polar surface area (TPSA) is 37.4 Å². The van der Waals surface area contributed by atoms with Crippen molar-refractivity contribution >= 4 is 16.5 Å². The first-order chi connectivity index (χ1) is 9.80. The summed E-state index contributed by atoms with van der Waals surface area (Å²) in [5, 5.41) is 4.79. The molecule has 1 aliphatic heterocycles. The summed E-state index contributed by atoms with van der Waals surface area (Å²) in [6.45, 7) is 6.20. The van der Waals surface area contributed by atoms with Gasteiger partial charge in [-0.2, -0.15) is 0 Å². The second-order valence-corrected chi connectivity index (χ2v) is 7.03. The van der Waals surface area contributed by atoms with Crippen molar-refractivity contribution in [1.29, 1.82) is 0 Å². The summed E-state index contributed by atoms with van der Waals surface area (Å²) in [7, 11) is 1.75. The molecule has 2 fully saturated rings. The van der Waals surface area contributed by atoms with E-state index >= 15 is 0 Å². The van der Waals surface area contributed by atoms with Crippen LogP contribution in [0.1, 0.15) is 43.2 Å². The van der Waals surface area contributed by atoms with Crippen molar-refractivity contribution in [2.24, 2.45) is 5.92 Å². The highest BCUT2D eigenvalue weighted by atomic mass is 32.1. The summed E-state index contributed by atoms with van der Waals surface area (Å²) in [6.07, 6.45) is 5.25. The molecule has 2 heterocycles. The maximum atomic E-state index is 5.31. The van der Waals surface area contributed by atoms with Crippen LogP contribution >= 0.6 is 11.3 Å². The van der Waals surface area contributed by atoms with E-state index in [1.165, 1.54) is 42.2 Å². The fourth-order valence-corrected chi connectivity index (χ4v) is 3.81. The van der Waals surface area contributed by atoms with E-state index in [2.05, 4.69) is 17.1 Å². The molecule has 1 aromatic heterocycles. The predicted molar refractivity (Wildman–Crippen MR) is 83.3 cm³/mol. The minimum Gasteiger partial charge on any atom is -0.378 e. The third-order valence-corrected chi connectivity index (χ3v) is 5.47. The lowest BCUT2D eigenvalue weighted by Crippen LogP contribution is -2.19. The molecule has 1 saturated heterocycles. The maximum Gasteiger partial charge on any atom is 0.185 e. The Labute approximate surface area is 125 Å². The van der Waals surface area contributed by atoms with Crippen LogP contribution < -0.4 is 10.2 Å². The second kappa shape index (κ2) is 6.41. The van der Waals surface area contributed by atoms with E-state index in [-0.39, 0.29) is 0 Å². The molecule has 112 valence electrons. The minimum atomic E-state index is 0.628. The van der Waals surface area contributed by atoms with Gasteiger partial charge in [0.05, 0.1) is 12.3 Å². The molecule has 3 rings (SSSR count). The first kappa shape index (κ1) is 14.3. The average molecular weight is 295 g/mol. The molecule has 0 spiro atoms. The highest BCUT2D eigenvalue weighted by molar-refractivity contribution is 7.15. The Balaban J connectivity index is 1.68. The highest BCUT2D eigenvalue weighted by Crippen LogP contribution is 2.32. The summed E-state index contributed by atoms with van der Waals surface area (Å²) >= 11 is 1.85. The molecule has 5 heteroatoms. The fraction of sp³-hybridized carbons (Fsp3) is 0.800. The van der Waals surface area contributed by atoms with Crippen molar-refractivity contribution in [2.75, 3.05) is 25.1 Å². The number of anilines is 1. The third kappa shape index (κ3) is 3.32. The van der Waals surface area contributed by atoms with Crippen LogP contribution in [0.25, 0.3) is 0 Å². The molecule has 1 aliphatic carbocycles.